The molecule has 1 heterocycles. The second-order valence-corrected chi connectivity index (χ2v) is 5.90. The van der Waals surface area contributed by atoms with Crippen molar-refractivity contribution >= 4 is 0 Å². The highest BCUT2D eigenvalue weighted by atomic mass is 16.5. The summed E-state index contributed by atoms with van der Waals surface area (Å²) in [5.74, 6) is 1.02. The van der Waals surface area contributed by atoms with Gasteiger partial charge in [-0.05, 0) is 31.7 Å². The van der Waals surface area contributed by atoms with Crippen LogP contribution in [0.25, 0.3) is 0 Å². The van der Waals surface area contributed by atoms with Gasteiger partial charge in [0.05, 0.1) is 6.10 Å². The van der Waals surface area contributed by atoms with Gasteiger partial charge in [0.2, 0.25) is 0 Å². The Bertz CT molecular complexity index is 411. The van der Waals surface area contributed by atoms with Crippen molar-refractivity contribution in [1.29, 1.82) is 0 Å². The van der Waals surface area contributed by atoms with Crippen LogP contribution in [0.1, 0.15) is 44.2 Å². The van der Waals surface area contributed by atoms with E-state index in [9.17, 15) is 0 Å². The van der Waals surface area contributed by atoms with Crippen LogP contribution in [0.2, 0.25) is 0 Å². The predicted octanol–water partition coefficient (Wildman–Crippen LogP) is 3.44. The molecule has 1 N–H and O–H groups in total. The molecule has 1 saturated heterocycles. The maximum absolute atomic E-state index is 6.07. The lowest BCUT2D eigenvalue weighted by Gasteiger charge is -2.24. The largest absolute Gasteiger partial charge is 0.490 e. The molecule has 1 atom stereocenters. The van der Waals surface area contributed by atoms with Gasteiger partial charge < -0.3 is 14.8 Å². The van der Waals surface area contributed by atoms with Crippen LogP contribution >= 0.6 is 0 Å². The number of rotatable bonds is 6. The van der Waals surface area contributed by atoms with Gasteiger partial charge in [0.25, 0.3) is 0 Å². The van der Waals surface area contributed by atoms with E-state index >= 15 is 0 Å². The number of ether oxygens (including phenoxy) is 2. The molecule has 112 valence electrons. The zero-order valence-electron chi connectivity index (χ0n) is 12.9. The second-order valence-electron chi connectivity index (χ2n) is 5.90. The van der Waals surface area contributed by atoms with Crippen molar-refractivity contribution in [2.45, 2.75) is 58.7 Å². The molecule has 0 spiro atoms. The minimum Gasteiger partial charge on any atom is -0.490 e. The number of hydrogen-bond acceptors (Lipinski definition) is 3. The first-order valence-corrected chi connectivity index (χ1v) is 7.73. The molecule has 1 unspecified atom stereocenters. The number of nitrogens with one attached hydrogen (secondary N) is 1. The second kappa shape index (κ2) is 7.65. The van der Waals surface area contributed by atoms with E-state index in [1.165, 1.54) is 24.0 Å². The lowest BCUT2D eigenvalue weighted by Crippen LogP contribution is -2.27. The van der Waals surface area contributed by atoms with Crippen molar-refractivity contribution in [3.63, 3.8) is 0 Å². The predicted molar refractivity (Wildman–Crippen MR) is 82.2 cm³/mol. The molecule has 1 fully saturated rings. The van der Waals surface area contributed by atoms with E-state index in [1.54, 1.807) is 0 Å². The third-order valence-electron chi connectivity index (χ3n) is 3.68. The quantitative estimate of drug-likeness (QED) is 0.864. The molecule has 0 saturated carbocycles. The summed E-state index contributed by atoms with van der Waals surface area (Å²) in [6, 6.07) is 6.82. The van der Waals surface area contributed by atoms with Crippen LogP contribution in [0.3, 0.4) is 0 Å². The Morgan fingerprint density at radius 2 is 2.20 bits per heavy atom. The topological polar surface area (TPSA) is 30.5 Å². The fourth-order valence-corrected chi connectivity index (χ4v) is 2.49. The summed E-state index contributed by atoms with van der Waals surface area (Å²) in [5, 5.41) is 3.46. The fraction of sp³-hybridized carbons (Fsp3) is 0.647. The van der Waals surface area contributed by atoms with Crippen LogP contribution in [0.4, 0.5) is 0 Å². The third-order valence-corrected chi connectivity index (χ3v) is 3.68. The SMILES string of the molecule is Cc1cccc(CNC(C)C)c1OCC1CCCCO1. The Morgan fingerprint density at radius 1 is 1.35 bits per heavy atom. The number of para-hydroxylation sites is 1. The summed E-state index contributed by atoms with van der Waals surface area (Å²) < 4.78 is 11.8. The first-order valence-electron chi connectivity index (χ1n) is 7.73. The molecular weight excluding hydrogens is 250 g/mol. The minimum atomic E-state index is 0.259. The van der Waals surface area contributed by atoms with Gasteiger partial charge >= 0.3 is 0 Å². The molecule has 1 aromatic rings. The first kappa shape index (κ1) is 15.3. The Hall–Kier alpha value is -1.06. The summed E-state index contributed by atoms with van der Waals surface area (Å²) >= 11 is 0. The van der Waals surface area contributed by atoms with Gasteiger partial charge in [-0.1, -0.05) is 32.0 Å². The smallest absolute Gasteiger partial charge is 0.126 e. The highest BCUT2D eigenvalue weighted by Crippen LogP contribution is 2.24. The van der Waals surface area contributed by atoms with E-state index in [-0.39, 0.29) is 6.10 Å². The van der Waals surface area contributed by atoms with Crippen LogP contribution in [-0.2, 0) is 11.3 Å². The Balaban J connectivity index is 1.97. The molecule has 3 nitrogen and oxygen atoms in total. The van der Waals surface area contributed by atoms with Crippen molar-refractivity contribution in [1.82, 2.24) is 5.32 Å². The molecule has 0 bridgehead atoms. The van der Waals surface area contributed by atoms with Crippen molar-refractivity contribution in [3.05, 3.63) is 29.3 Å². The van der Waals surface area contributed by atoms with Gasteiger partial charge in [-0.3, -0.25) is 0 Å². The minimum absolute atomic E-state index is 0.259. The van der Waals surface area contributed by atoms with Gasteiger partial charge in [0, 0.05) is 24.8 Å². The maximum atomic E-state index is 6.07. The van der Waals surface area contributed by atoms with Gasteiger partial charge in [0.15, 0.2) is 0 Å². The molecule has 0 aliphatic carbocycles. The van der Waals surface area contributed by atoms with E-state index in [0.717, 1.165) is 25.3 Å². The molecule has 1 aromatic carbocycles. The highest BCUT2D eigenvalue weighted by Gasteiger charge is 2.16. The van der Waals surface area contributed by atoms with Crippen LogP contribution in [0.15, 0.2) is 18.2 Å². The standard InChI is InChI=1S/C17H27NO2/c1-13(2)18-11-15-8-6-7-14(3)17(15)20-12-16-9-4-5-10-19-16/h6-8,13,16,18H,4-5,9-12H2,1-3H3. The zero-order valence-corrected chi connectivity index (χ0v) is 12.9. The van der Waals surface area contributed by atoms with Crippen molar-refractivity contribution < 1.29 is 9.47 Å². The van der Waals surface area contributed by atoms with Gasteiger partial charge in [-0.2, -0.15) is 0 Å². The van der Waals surface area contributed by atoms with Gasteiger partial charge in [-0.15, -0.1) is 0 Å². The Morgan fingerprint density at radius 3 is 2.90 bits per heavy atom. The lowest BCUT2D eigenvalue weighted by atomic mass is 10.1. The van der Waals surface area contributed by atoms with Crippen LogP contribution in [-0.4, -0.2) is 25.4 Å². The van der Waals surface area contributed by atoms with E-state index in [0.29, 0.717) is 12.6 Å². The molecule has 1 aliphatic rings. The summed E-state index contributed by atoms with van der Waals surface area (Å²) in [4.78, 5) is 0. The molecule has 0 radical (unpaired) electrons. The highest BCUT2D eigenvalue weighted by molar-refractivity contribution is 5.40. The molecule has 3 heteroatoms. The fourth-order valence-electron chi connectivity index (χ4n) is 2.49. The van der Waals surface area contributed by atoms with E-state index in [1.807, 2.05) is 0 Å². The van der Waals surface area contributed by atoms with E-state index < -0.39 is 0 Å². The first-order chi connectivity index (χ1) is 9.66. The van der Waals surface area contributed by atoms with E-state index in [2.05, 4.69) is 44.3 Å². The Labute approximate surface area is 122 Å². The van der Waals surface area contributed by atoms with Crippen molar-refractivity contribution in [2.75, 3.05) is 13.2 Å². The van der Waals surface area contributed by atoms with Crippen LogP contribution in [0, 0.1) is 6.92 Å². The number of aryl methyl sites for hydroxylation is 1. The maximum Gasteiger partial charge on any atom is 0.126 e. The van der Waals surface area contributed by atoms with E-state index in [4.69, 9.17) is 9.47 Å². The van der Waals surface area contributed by atoms with Crippen molar-refractivity contribution in [2.24, 2.45) is 0 Å². The Kier molecular flexibility index (Phi) is 5.86. The van der Waals surface area contributed by atoms with Crippen molar-refractivity contribution in [3.8, 4) is 5.75 Å². The lowest BCUT2D eigenvalue weighted by molar-refractivity contribution is -0.0113. The molecular formula is C17H27NO2. The summed E-state index contributed by atoms with van der Waals surface area (Å²) in [7, 11) is 0. The zero-order chi connectivity index (χ0) is 14.4. The number of benzene rings is 1. The van der Waals surface area contributed by atoms with Crippen LogP contribution < -0.4 is 10.1 Å². The summed E-state index contributed by atoms with van der Waals surface area (Å²) in [6.07, 6.45) is 3.81. The number of hydrogen-bond donors (Lipinski definition) is 1. The third kappa shape index (κ3) is 4.50. The average molecular weight is 277 g/mol. The summed E-state index contributed by atoms with van der Waals surface area (Å²) in [5.41, 5.74) is 2.43. The summed E-state index contributed by atoms with van der Waals surface area (Å²) in [6.45, 7) is 8.82. The van der Waals surface area contributed by atoms with Gasteiger partial charge in [-0.25, -0.2) is 0 Å². The normalized spacial score (nSPS) is 19.3. The average Bonchev–Trinajstić information content (AvgIpc) is 2.45. The van der Waals surface area contributed by atoms with Crippen LogP contribution in [0.5, 0.6) is 5.75 Å². The molecule has 1 aliphatic heterocycles. The monoisotopic (exact) mass is 277 g/mol. The molecule has 0 amide bonds. The van der Waals surface area contributed by atoms with Gasteiger partial charge in [0.1, 0.15) is 12.4 Å². The molecule has 20 heavy (non-hydrogen) atoms. The molecule has 2 rings (SSSR count). The molecule has 0 aromatic heterocycles.